The van der Waals surface area contributed by atoms with Gasteiger partial charge < -0.3 is 0 Å². The molecule has 0 aliphatic heterocycles. The Hall–Kier alpha value is -0.560. The first-order valence-corrected chi connectivity index (χ1v) is 7.27. The number of hydrogen-bond donors (Lipinski definition) is 0. The van der Waals surface area contributed by atoms with Crippen molar-refractivity contribution < 1.29 is 0 Å². The van der Waals surface area contributed by atoms with Crippen LogP contribution in [0.4, 0.5) is 0 Å². The summed E-state index contributed by atoms with van der Waals surface area (Å²) in [5.41, 5.74) is 2.74. The Morgan fingerprint density at radius 2 is 1.69 bits per heavy atom. The van der Waals surface area contributed by atoms with Gasteiger partial charge in [0.25, 0.3) is 0 Å². The van der Waals surface area contributed by atoms with Crippen molar-refractivity contribution in [2.75, 3.05) is 5.33 Å². The van der Waals surface area contributed by atoms with E-state index in [4.69, 9.17) is 0 Å². The summed E-state index contributed by atoms with van der Waals surface area (Å²) in [7, 11) is 0. The molecule has 0 bridgehead atoms. The maximum atomic E-state index is 3.86. The van der Waals surface area contributed by atoms with Gasteiger partial charge >= 0.3 is 0 Å². The summed E-state index contributed by atoms with van der Waals surface area (Å²) in [5, 5.41) is 1.15. The molecule has 0 radical (unpaired) electrons. The van der Waals surface area contributed by atoms with Crippen molar-refractivity contribution in [3.05, 3.63) is 42.0 Å². The van der Waals surface area contributed by atoms with Crippen LogP contribution in [0, 0.1) is 0 Å². The first-order chi connectivity index (χ1) is 7.88. The molecule has 0 nitrogen and oxygen atoms in total. The molecule has 0 aliphatic rings. The van der Waals surface area contributed by atoms with Crippen LogP contribution in [0.2, 0.25) is 0 Å². The third-order valence-corrected chi connectivity index (χ3v) is 3.42. The first kappa shape index (κ1) is 13.5. The lowest BCUT2D eigenvalue weighted by molar-refractivity contribution is 0.635. The van der Waals surface area contributed by atoms with E-state index in [0.29, 0.717) is 0 Å². The second-order valence-electron chi connectivity index (χ2n) is 4.11. The summed E-state index contributed by atoms with van der Waals surface area (Å²) >= 11 is 3.46. The molecular weight excluding hydrogens is 260 g/mol. The standard InChI is InChI=1S/C15H21Br/c1-2-14-10-7-8-12-15(14)11-6-4-3-5-9-13-16/h2,7-8,10,12H,1,3-6,9,11,13H2. The van der Waals surface area contributed by atoms with Crippen LogP contribution in [0.5, 0.6) is 0 Å². The van der Waals surface area contributed by atoms with Gasteiger partial charge in [-0.25, -0.2) is 0 Å². The number of alkyl halides is 1. The molecule has 1 aromatic carbocycles. The molecule has 88 valence electrons. The van der Waals surface area contributed by atoms with Crippen molar-refractivity contribution in [2.45, 2.75) is 38.5 Å². The molecule has 1 aromatic rings. The Labute approximate surface area is 108 Å². The van der Waals surface area contributed by atoms with Crippen LogP contribution in [-0.2, 0) is 6.42 Å². The van der Waals surface area contributed by atoms with E-state index < -0.39 is 0 Å². The second-order valence-corrected chi connectivity index (χ2v) is 4.90. The number of halogens is 1. The highest BCUT2D eigenvalue weighted by atomic mass is 79.9. The summed E-state index contributed by atoms with van der Waals surface area (Å²) in [6.45, 7) is 3.86. The van der Waals surface area contributed by atoms with Crippen molar-refractivity contribution in [1.82, 2.24) is 0 Å². The van der Waals surface area contributed by atoms with Gasteiger partial charge in [0.05, 0.1) is 0 Å². The van der Waals surface area contributed by atoms with Gasteiger partial charge in [-0.3, -0.25) is 0 Å². The highest BCUT2D eigenvalue weighted by Crippen LogP contribution is 2.14. The molecule has 0 unspecified atom stereocenters. The molecular formula is C15H21Br. The quantitative estimate of drug-likeness (QED) is 0.453. The minimum atomic E-state index is 1.15. The zero-order chi connectivity index (χ0) is 11.6. The molecule has 16 heavy (non-hydrogen) atoms. The Morgan fingerprint density at radius 3 is 2.44 bits per heavy atom. The van der Waals surface area contributed by atoms with E-state index >= 15 is 0 Å². The molecule has 0 fully saturated rings. The Kier molecular flexibility index (Phi) is 7.24. The minimum absolute atomic E-state index is 1.15. The molecule has 0 saturated heterocycles. The van der Waals surface area contributed by atoms with Gasteiger partial charge in [0.1, 0.15) is 0 Å². The number of benzene rings is 1. The summed E-state index contributed by atoms with van der Waals surface area (Å²) in [6.07, 6.45) is 9.82. The Morgan fingerprint density at radius 1 is 1.00 bits per heavy atom. The van der Waals surface area contributed by atoms with Crippen molar-refractivity contribution in [3.8, 4) is 0 Å². The fraction of sp³-hybridized carbons (Fsp3) is 0.467. The average Bonchev–Trinajstić information content (AvgIpc) is 2.34. The number of aryl methyl sites for hydroxylation is 1. The van der Waals surface area contributed by atoms with Crippen molar-refractivity contribution in [3.63, 3.8) is 0 Å². The molecule has 0 heterocycles. The molecule has 0 N–H and O–H groups in total. The lowest BCUT2D eigenvalue weighted by atomic mass is 10.0. The van der Waals surface area contributed by atoms with Gasteiger partial charge in [-0.15, -0.1) is 0 Å². The number of rotatable bonds is 8. The summed E-state index contributed by atoms with van der Waals surface area (Å²) < 4.78 is 0. The molecule has 1 rings (SSSR count). The molecule has 1 heteroatoms. The zero-order valence-corrected chi connectivity index (χ0v) is 11.5. The van der Waals surface area contributed by atoms with Crippen LogP contribution in [0.1, 0.15) is 43.2 Å². The SMILES string of the molecule is C=Cc1ccccc1CCCCCCCBr. The van der Waals surface area contributed by atoms with Crippen molar-refractivity contribution >= 4 is 22.0 Å². The van der Waals surface area contributed by atoms with Crippen LogP contribution >= 0.6 is 15.9 Å². The molecule has 0 atom stereocenters. The highest BCUT2D eigenvalue weighted by molar-refractivity contribution is 9.09. The van der Waals surface area contributed by atoms with Gasteiger partial charge in [-0.2, -0.15) is 0 Å². The monoisotopic (exact) mass is 280 g/mol. The Bertz CT molecular complexity index is 304. The number of unbranched alkanes of at least 4 members (excludes halogenated alkanes) is 4. The van der Waals surface area contributed by atoms with Gasteiger partial charge in [0.2, 0.25) is 0 Å². The lowest BCUT2D eigenvalue weighted by Crippen LogP contribution is -1.89. The van der Waals surface area contributed by atoms with Crippen LogP contribution in [-0.4, -0.2) is 5.33 Å². The Balaban J connectivity index is 2.23. The minimum Gasteiger partial charge on any atom is -0.0985 e. The molecule has 0 amide bonds. The third-order valence-electron chi connectivity index (χ3n) is 2.85. The number of hydrogen-bond acceptors (Lipinski definition) is 0. The van der Waals surface area contributed by atoms with Crippen molar-refractivity contribution in [1.29, 1.82) is 0 Å². The average molecular weight is 281 g/mol. The van der Waals surface area contributed by atoms with E-state index in [1.54, 1.807) is 0 Å². The smallest absolute Gasteiger partial charge is 0.00313 e. The topological polar surface area (TPSA) is 0 Å². The third kappa shape index (κ3) is 4.98. The van der Waals surface area contributed by atoms with E-state index in [-0.39, 0.29) is 0 Å². The van der Waals surface area contributed by atoms with Crippen LogP contribution < -0.4 is 0 Å². The largest absolute Gasteiger partial charge is 0.0985 e. The molecule has 0 aliphatic carbocycles. The normalized spacial score (nSPS) is 10.3. The van der Waals surface area contributed by atoms with E-state index in [2.05, 4.69) is 46.8 Å². The summed E-state index contributed by atoms with van der Waals surface area (Å²) in [6, 6.07) is 8.56. The predicted octanol–water partition coefficient (Wildman–Crippen LogP) is 5.22. The van der Waals surface area contributed by atoms with Gasteiger partial charge in [-0.05, 0) is 30.4 Å². The van der Waals surface area contributed by atoms with E-state index in [9.17, 15) is 0 Å². The van der Waals surface area contributed by atoms with Crippen LogP contribution in [0.15, 0.2) is 30.8 Å². The lowest BCUT2D eigenvalue weighted by Gasteiger charge is -2.05. The fourth-order valence-electron chi connectivity index (χ4n) is 1.90. The second kappa shape index (κ2) is 8.58. The zero-order valence-electron chi connectivity index (χ0n) is 9.92. The van der Waals surface area contributed by atoms with Gasteiger partial charge in [0.15, 0.2) is 0 Å². The summed E-state index contributed by atoms with van der Waals surface area (Å²) in [5.74, 6) is 0. The fourth-order valence-corrected chi connectivity index (χ4v) is 2.30. The first-order valence-electron chi connectivity index (χ1n) is 6.15. The van der Waals surface area contributed by atoms with Crippen molar-refractivity contribution in [2.24, 2.45) is 0 Å². The van der Waals surface area contributed by atoms with E-state index in [1.807, 2.05) is 6.08 Å². The maximum absolute atomic E-state index is 3.86. The highest BCUT2D eigenvalue weighted by Gasteiger charge is 1.97. The predicted molar refractivity (Wildman–Crippen MR) is 77.1 cm³/mol. The van der Waals surface area contributed by atoms with Crippen LogP contribution in [0.25, 0.3) is 6.08 Å². The van der Waals surface area contributed by atoms with Gasteiger partial charge in [-0.1, -0.05) is 72.1 Å². The maximum Gasteiger partial charge on any atom is 0.00313 e. The van der Waals surface area contributed by atoms with Gasteiger partial charge in [0, 0.05) is 5.33 Å². The van der Waals surface area contributed by atoms with E-state index in [0.717, 1.165) is 5.33 Å². The van der Waals surface area contributed by atoms with E-state index in [1.165, 1.54) is 49.7 Å². The molecule has 0 aromatic heterocycles. The summed E-state index contributed by atoms with van der Waals surface area (Å²) in [4.78, 5) is 0. The molecule has 0 spiro atoms. The van der Waals surface area contributed by atoms with Crippen LogP contribution in [0.3, 0.4) is 0 Å². The molecule has 0 saturated carbocycles.